The second kappa shape index (κ2) is 6.58. The van der Waals surface area contributed by atoms with Gasteiger partial charge in [0.25, 0.3) is 0 Å². The minimum atomic E-state index is -1.03. The van der Waals surface area contributed by atoms with Gasteiger partial charge in [0.2, 0.25) is 0 Å². The molecular formula is C11H13BrO3. The van der Waals surface area contributed by atoms with Crippen molar-refractivity contribution in [1.29, 1.82) is 0 Å². The average Bonchev–Trinajstić information content (AvgIpc) is 2.27. The predicted molar refractivity (Wildman–Crippen MR) is 60.7 cm³/mol. The first kappa shape index (κ1) is 12.2. The summed E-state index contributed by atoms with van der Waals surface area (Å²) in [5.74, 6) is -0.571. The molecule has 0 aliphatic carbocycles. The van der Waals surface area contributed by atoms with Gasteiger partial charge in [0.05, 0.1) is 0 Å². The number of benzene rings is 1. The fraction of sp³-hybridized carbons (Fsp3) is 0.364. The Bertz CT molecular complexity index is 300. The lowest BCUT2D eigenvalue weighted by Crippen LogP contribution is -2.23. The van der Waals surface area contributed by atoms with E-state index < -0.39 is 12.1 Å². The highest BCUT2D eigenvalue weighted by molar-refractivity contribution is 9.09. The summed E-state index contributed by atoms with van der Waals surface area (Å²) in [5, 5.41) is 9.87. The van der Waals surface area contributed by atoms with Crippen LogP contribution in [0.1, 0.15) is 12.0 Å². The number of halogens is 1. The highest BCUT2D eigenvalue weighted by atomic mass is 79.9. The minimum Gasteiger partial charge on any atom is -0.459 e. The van der Waals surface area contributed by atoms with E-state index in [0.29, 0.717) is 11.8 Å². The number of carbonyl (C=O) groups excluding carboxylic acids is 1. The molecule has 3 nitrogen and oxygen atoms in total. The van der Waals surface area contributed by atoms with Crippen molar-refractivity contribution in [1.82, 2.24) is 0 Å². The molecule has 1 N–H and O–H groups in total. The number of esters is 1. The van der Waals surface area contributed by atoms with Gasteiger partial charge in [-0.25, -0.2) is 4.79 Å². The van der Waals surface area contributed by atoms with Crippen LogP contribution in [-0.2, 0) is 16.1 Å². The fourth-order valence-corrected chi connectivity index (χ4v) is 1.48. The Labute approximate surface area is 97.2 Å². The normalized spacial score (nSPS) is 12.1. The van der Waals surface area contributed by atoms with Gasteiger partial charge in [-0.3, -0.25) is 0 Å². The molecule has 1 aromatic rings. The number of hydrogen-bond donors (Lipinski definition) is 1. The standard InChI is InChI=1S/C11H13BrO3/c12-7-6-10(13)11(14)15-8-9-4-2-1-3-5-9/h1-5,10,13H,6-8H2/t10-/m0/s1. The van der Waals surface area contributed by atoms with Crippen LogP contribution in [0.15, 0.2) is 30.3 Å². The quantitative estimate of drug-likeness (QED) is 0.658. The molecule has 0 heterocycles. The molecule has 4 heteroatoms. The average molecular weight is 273 g/mol. The molecule has 0 aliphatic heterocycles. The number of alkyl halides is 1. The van der Waals surface area contributed by atoms with E-state index in [9.17, 15) is 9.90 Å². The van der Waals surface area contributed by atoms with Crippen LogP contribution in [0.25, 0.3) is 0 Å². The van der Waals surface area contributed by atoms with Gasteiger partial charge in [-0.05, 0) is 12.0 Å². The monoisotopic (exact) mass is 272 g/mol. The Kier molecular flexibility index (Phi) is 5.36. The molecule has 0 amide bonds. The zero-order valence-electron chi connectivity index (χ0n) is 8.23. The van der Waals surface area contributed by atoms with E-state index in [1.165, 1.54) is 0 Å². The highest BCUT2D eigenvalue weighted by Crippen LogP contribution is 2.04. The number of aliphatic hydroxyl groups excluding tert-OH is 1. The third-order valence-corrected chi connectivity index (χ3v) is 2.34. The summed E-state index contributed by atoms with van der Waals surface area (Å²) >= 11 is 3.15. The lowest BCUT2D eigenvalue weighted by Gasteiger charge is -2.09. The third kappa shape index (κ3) is 4.44. The van der Waals surface area contributed by atoms with Crippen molar-refractivity contribution in [2.75, 3.05) is 5.33 Å². The number of carbonyl (C=O) groups is 1. The second-order valence-corrected chi connectivity index (χ2v) is 3.88. The maximum absolute atomic E-state index is 11.2. The van der Waals surface area contributed by atoms with Crippen LogP contribution in [0.3, 0.4) is 0 Å². The molecule has 0 fully saturated rings. The van der Waals surface area contributed by atoms with Gasteiger partial charge in [0.1, 0.15) is 6.61 Å². The highest BCUT2D eigenvalue weighted by Gasteiger charge is 2.15. The van der Waals surface area contributed by atoms with Gasteiger partial charge in [0.15, 0.2) is 6.10 Å². The largest absolute Gasteiger partial charge is 0.459 e. The molecule has 0 aliphatic rings. The van der Waals surface area contributed by atoms with E-state index in [1.807, 2.05) is 30.3 Å². The fourth-order valence-electron chi connectivity index (χ4n) is 1.05. The first-order valence-corrected chi connectivity index (χ1v) is 5.81. The summed E-state index contributed by atoms with van der Waals surface area (Å²) in [6.45, 7) is 0.207. The Morgan fingerprint density at radius 2 is 2.07 bits per heavy atom. The van der Waals surface area contributed by atoms with Crippen LogP contribution < -0.4 is 0 Å². The van der Waals surface area contributed by atoms with Crippen LogP contribution >= 0.6 is 15.9 Å². The molecule has 0 saturated heterocycles. The van der Waals surface area contributed by atoms with Gasteiger partial charge in [-0.15, -0.1) is 0 Å². The van der Waals surface area contributed by atoms with Crippen molar-refractivity contribution in [3.8, 4) is 0 Å². The van der Waals surface area contributed by atoms with Crippen molar-refractivity contribution >= 4 is 21.9 Å². The molecule has 0 spiro atoms. The molecule has 1 atom stereocenters. The number of hydrogen-bond acceptors (Lipinski definition) is 3. The molecule has 0 saturated carbocycles. The maximum Gasteiger partial charge on any atom is 0.335 e. The molecular weight excluding hydrogens is 260 g/mol. The molecule has 0 aromatic heterocycles. The minimum absolute atomic E-state index is 0.207. The molecule has 0 bridgehead atoms. The summed E-state index contributed by atoms with van der Waals surface area (Å²) in [6.07, 6.45) is -0.666. The lowest BCUT2D eigenvalue weighted by molar-refractivity contribution is -0.154. The Morgan fingerprint density at radius 1 is 1.40 bits per heavy atom. The SMILES string of the molecule is O=C(OCc1ccccc1)[C@@H](O)CCBr. The number of rotatable bonds is 5. The molecule has 0 radical (unpaired) electrons. The topological polar surface area (TPSA) is 46.5 Å². The smallest absolute Gasteiger partial charge is 0.335 e. The Morgan fingerprint density at radius 3 is 2.67 bits per heavy atom. The second-order valence-electron chi connectivity index (χ2n) is 3.09. The Hall–Kier alpha value is -0.870. The van der Waals surface area contributed by atoms with E-state index in [4.69, 9.17) is 4.74 Å². The molecule has 1 rings (SSSR count). The van der Waals surface area contributed by atoms with Crippen LogP contribution in [0.5, 0.6) is 0 Å². The van der Waals surface area contributed by atoms with Crippen LogP contribution in [0.4, 0.5) is 0 Å². The summed E-state index contributed by atoms with van der Waals surface area (Å²) in [5.41, 5.74) is 0.914. The Balaban J connectivity index is 2.34. The van der Waals surface area contributed by atoms with Crippen molar-refractivity contribution in [2.24, 2.45) is 0 Å². The predicted octanol–water partition coefficient (Wildman–Crippen LogP) is 1.88. The maximum atomic E-state index is 11.2. The van der Waals surface area contributed by atoms with Crippen molar-refractivity contribution < 1.29 is 14.6 Å². The first-order valence-electron chi connectivity index (χ1n) is 4.68. The molecule has 1 aromatic carbocycles. The van der Waals surface area contributed by atoms with E-state index in [1.54, 1.807) is 0 Å². The molecule has 0 unspecified atom stereocenters. The lowest BCUT2D eigenvalue weighted by atomic mass is 10.2. The summed E-state index contributed by atoms with van der Waals surface area (Å²) in [7, 11) is 0. The van der Waals surface area contributed by atoms with Gasteiger partial charge in [-0.2, -0.15) is 0 Å². The van der Waals surface area contributed by atoms with Crippen LogP contribution in [0, 0.1) is 0 Å². The molecule has 15 heavy (non-hydrogen) atoms. The van der Waals surface area contributed by atoms with E-state index >= 15 is 0 Å². The van der Waals surface area contributed by atoms with Gasteiger partial charge >= 0.3 is 5.97 Å². The van der Waals surface area contributed by atoms with Crippen molar-refractivity contribution in [3.05, 3.63) is 35.9 Å². The van der Waals surface area contributed by atoms with E-state index in [2.05, 4.69) is 15.9 Å². The van der Waals surface area contributed by atoms with Crippen LogP contribution in [-0.4, -0.2) is 22.5 Å². The summed E-state index contributed by atoms with van der Waals surface area (Å²) in [4.78, 5) is 11.2. The van der Waals surface area contributed by atoms with Gasteiger partial charge in [-0.1, -0.05) is 46.3 Å². The number of aliphatic hydroxyl groups is 1. The number of ether oxygens (including phenoxy) is 1. The van der Waals surface area contributed by atoms with E-state index in [-0.39, 0.29) is 6.61 Å². The molecule has 82 valence electrons. The van der Waals surface area contributed by atoms with E-state index in [0.717, 1.165) is 5.56 Å². The van der Waals surface area contributed by atoms with Crippen LogP contribution in [0.2, 0.25) is 0 Å². The summed E-state index contributed by atoms with van der Waals surface area (Å²) in [6, 6.07) is 9.37. The van der Waals surface area contributed by atoms with Crippen molar-refractivity contribution in [2.45, 2.75) is 19.1 Å². The van der Waals surface area contributed by atoms with Gasteiger partial charge in [0, 0.05) is 5.33 Å². The summed E-state index contributed by atoms with van der Waals surface area (Å²) < 4.78 is 4.93. The van der Waals surface area contributed by atoms with Crippen molar-refractivity contribution in [3.63, 3.8) is 0 Å². The van der Waals surface area contributed by atoms with Gasteiger partial charge < -0.3 is 9.84 Å². The zero-order chi connectivity index (χ0) is 11.1. The first-order chi connectivity index (χ1) is 7.24. The zero-order valence-corrected chi connectivity index (χ0v) is 9.81. The third-order valence-electron chi connectivity index (χ3n) is 1.88.